The zero-order chi connectivity index (χ0) is 20.8. The maximum absolute atomic E-state index is 12.7. The van der Waals surface area contributed by atoms with Crippen LogP contribution in [0.25, 0.3) is 21.9 Å². The second-order valence-corrected chi connectivity index (χ2v) is 8.61. The Morgan fingerprint density at radius 2 is 2.00 bits per heavy atom. The molecule has 31 heavy (non-hydrogen) atoms. The van der Waals surface area contributed by atoms with E-state index in [1.807, 2.05) is 18.3 Å². The summed E-state index contributed by atoms with van der Waals surface area (Å²) < 4.78 is 5.85. The second-order valence-electron chi connectivity index (χ2n) is 8.61. The first-order valence-corrected chi connectivity index (χ1v) is 11.2. The van der Waals surface area contributed by atoms with Crippen molar-refractivity contribution in [3.05, 3.63) is 75.3 Å². The normalized spacial score (nSPS) is 15.8. The zero-order valence-electron chi connectivity index (χ0n) is 17.5. The molecule has 0 saturated carbocycles. The molecule has 0 atom stereocenters. The Morgan fingerprint density at radius 3 is 2.94 bits per heavy atom. The van der Waals surface area contributed by atoms with E-state index < -0.39 is 0 Å². The molecule has 2 aromatic carbocycles. The summed E-state index contributed by atoms with van der Waals surface area (Å²) in [6, 6.07) is 12.5. The minimum atomic E-state index is -0.299. The Morgan fingerprint density at radius 1 is 1.13 bits per heavy atom. The number of aliphatic imine (C=N–C) groups is 1. The van der Waals surface area contributed by atoms with E-state index in [1.54, 1.807) is 6.21 Å². The van der Waals surface area contributed by atoms with Gasteiger partial charge in [0.2, 0.25) is 0 Å². The van der Waals surface area contributed by atoms with Gasteiger partial charge in [0.25, 0.3) is 0 Å². The number of hydrogen-bond donors (Lipinski definition) is 1. The van der Waals surface area contributed by atoms with Crippen molar-refractivity contribution in [2.24, 2.45) is 4.99 Å². The smallest absolute Gasteiger partial charge is 0.345 e. The SMILES string of the molecule is O=c1oc2c3c4c(cc2cc1C=NCCc1c[nH]c2ccccc12)CCCN4CCC3. The van der Waals surface area contributed by atoms with Crippen LogP contribution in [0, 0.1) is 0 Å². The number of rotatable bonds is 4. The molecule has 1 N–H and O–H groups in total. The molecule has 2 aliphatic heterocycles. The largest absolute Gasteiger partial charge is 0.422 e. The van der Waals surface area contributed by atoms with Gasteiger partial charge in [0.1, 0.15) is 5.58 Å². The van der Waals surface area contributed by atoms with Crippen molar-refractivity contribution in [3.63, 3.8) is 0 Å². The highest BCUT2D eigenvalue weighted by Gasteiger charge is 2.26. The third kappa shape index (κ3) is 3.16. The lowest BCUT2D eigenvalue weighted by atomic mass is 9.90. The number of H-pyrrole nitrogens is 1. The quantitative estimate of drug-likeness (QED) is 0.393. The third-order valence-corrected chi connectivity index (χ3v) is 6.66. The van der Waals surface area contributed by atoms with Gasteiger partial charge in [0.15, 0.2) is 0 Å². The Kier molecular flexibility index (Phi) is 4.41. The summed E-state index contributed by atoms with van der Waals surface area (Å²) in [5.74, 6) is 0. The van der Waals surface area contributed by atoms with Gasteiger partial charge < -0.3 is 14.3 Å². The van der Waals surface area contributed by atoms with Gasteiger partial charge in [-0.15, -0.1) is 0 Å². The van der Waals surface area contributed by atoms with E-state index in [0.29, 0.717) is 12.1 Å². The summed E-state index contributed by atoms with van der Waals surface area (Å²) >= 11 is 0. The molecule has 0 fully saturated rings. The van der Waals surface area contributed by atoms with E-state index in [-0.39, 0.29) is 5.63 Å². The molecule has 0 amide bonds. The molecular formula is C26H25N3O2. The zero-order valence-corrected chi connectivity index (χ0v) is 17.5. The topological polar surface area (TPSA) is 61.6 Å². The standard InChI is InChI=1S/C26H25N3O2/c30-26-20(15-27-10-9-18-16-28-23-8-2-1-6-21(18)23)14-19-13-17-5-3-11-29-12-4-7-22(24(17)29)25(19)31-26/h1-2,6,8,13-16,28H,3-5,7,9-12H2. The molecule has 4 aromatic rings. The van der Waals surface area contributed by atoms with Gasteiger partial charge in [0.05, 0.1) is 5.56 Å². The first kappa shape index (κ1) is 18.4. The van der Waals surface area contributed by atoms with E-state index in [0.717, 1.165) is 55.3 Å². The predicted molar refractivity (Wildman–Crippen MR) is 126 cm³/mol. The molecule has 156 valence electrons. The van der Waals surface area contributed by atoms with Gasteiger partial charge in [-0.25, -0.2) is 4.79 Å². The highest BCUT2D eigenvalue weighted by atomic mass is 16.4. The molecule has 0 radical (unpaired) electrons. The fourth-order valence-corrected chi connectivity index (χ4v) is 5.24. The summed E-state index contributed by atoms with van der Waals surface area (Å²) in [5.41, 5.74) is 7.33. The lowest BCUT2D eigenvalue weighted by molar-refractivity contribution is 0.548. The first-order chi connectivity index (χ1) is 15.3. The minimum absolute atomic E-state index is 0.299. The van der Waals surface area contributed by atoms with E-state index >= 15 is 0 Å². The summed E-state index contributed by atoms with van der Waals surface area (Å²) in [6.45, 7) is 2.84. The molecule has 2 aliphatic rings. The first-order valence-electron chi connectivity index (χ1n) is 11.2. The van der Waals surface area contributed by atoms with E-state index in [4.69, 9.17) is 4.42 Å². The molecular weight excluding hydrogens is 386 g/mol. The maximum Gasteiger partial charge on any atom is 0.345 e. The number of nitrogens with zero attached hydrogens (tertiary/aromatic N) is 2. The molecule has 6 rings (SSSR count). The Balaban J connectivity index is 1.29. The lowest BCUT2D eigenvalue weighted by Gasteiger charge is -2.37. The highest BCUT2D eigenvalue weighted by Crippen LogP contribution is 2.39. The molecule has 0 unspecified atom stereocenters. The lowest BCUT2D eigenvalue weighted by Crippen LogP contribution is -2.34. The summed E-state index contributed by atoms with van der Waals surface area (Å²) in [7, 11) is 0. The Labute approximate surface area is 180 Å². The summed E-state index contributed by atoms with van der Waals surface area (Å²) in [6.07, 6.45) is 8.94. The van der Waals surface area contributed by atoms with Crippen LogP contribution in [0.2, 0.25) is 0 Å². The van der Waals surface area contributed by atoms with Crippen LogP contribution in [-0.4, -0.2) is 30.8 Å². The molecule has 0 saturated heterocycles. The fourth-order valence-electron chi connectivity index (χ4n) is 5.24. The number of nitrogens with one attached hydrogen (secondary N) is 1. The van der Waals surface area contributed by atoms with Gasteiger partial charge in [-0.3, -0.25) is 4.99 Å². The summed E-state index contributed by atoms with van der Waals surface area (Å²) in [4.78, 5) is 23.0. The Hall–Kier alpha value is -3.34. The van der Waals surface area contributed by atoms with Crippen LogP contribution in [0.3, 0.4) is 0 Å². The fraction of sp³-hybridized carbons (Fsp3) is 0.308. The third-order valence-electron chi connectivity index (χ3n) is 6.66. The van der Waals surface area contributed by atoms with Gasteiger partial charge >= 0.3 is 5.63 Å². The molecule has 5 nitrogen and oxygen atoms in total. The van der Waals surface area contributed by atoms with Crippen LogP contribution in [0.1, 0.15) is 35.1 Å². The van der Waals surface area contributed by atoms with Crippen molar-refractivity contribution in [2.45, 2.75) is 32.1 Å². The Bertz CT molecular complexity index is 1380. The monoisotopic (exact) mass is 411 g/mol. The number of fused-ring (bicyclic) bond motifs is 3. The van der Waals surface area contributed by atoms with E-state index in [1.165, 1.54) is 34.2 Å². The number of aromatic nitrogens is 1. The van der Waals surface area contributed by atoms with Crippen molar-refractivity contribution < 1.29 is 4.42 Å². The minimum Gasteiger partial charge on any atom is -0.422 e. The number of aromatic amines is 1. The molecule has 0 spiro atoms. The van der Waals surface area contributed by atoms with Gasteiger partial charge in [-0.1, -0.05) is 18.2 Å². The van der Waals surface area contributed by atoms with Crippen LogP contribution >= 0.6 is 0 Å². The van der Waals surface area contributed by atoms with Gasteiger partial charge in [-0.05, 0) is 61.4 Å². The van der Waals surface area contributed by atoms with Gasteiger partial charge in [0, 0.05) is 59.6 Å². The number of benzene rings is 2. The number of para-hydroxylation sites is 1. The maximum atomic E-state index is 12.7. The molecule has 5 heteroatoms. The summed E-state index contributed by atoms with van der Waals surface area (Å²) in [5, 5.41) is 2.26. The van der Waals surface area contributed by atoms with E-state index in [2.05, 4.69) is 39.1 Å². The van der Waals surface area contributed by atoms with Crippen LogP contribution < -0.4 is 10.5 Å². The van der Waals surface area contributed by atoms with Crippen molar-refractivity contribution in [2.75, 3.05) is 24.5 Å². The van der Waals surface area contributed by atoms with Crippen LogP contribution in [0.15, 0.2) is 56.8 Å². The highest BCUT2D eigenvalue weighted by molar-refractivity contribution is 5.92. The predicted octanol–water partition coefficient (Wildman–Crippen LogP) is 4.63. The van der Waals surface area contributed by atoms with Crippen molar-refractivity contribution in [1.82, 2.24) is 4.98 Å². The number of hydrogen-bond acceptors (Lipinski definition) is 4. The molecule has 4 heterocycles. The molecule has 2 aromatic heterocycles. The van der Waals surface area contributed by atoms with Gasteiger partial charge in [-0.2, -0.15) is 0 Å². The van der Waals surface area contributed by atoms with E-state index in [9.17, 15) is 4.79 Å². The second kappa shape index (κ2) is 7.41. The van der Waals surface area contributed by atoms with Crippen molar-refractivity contribution in [1.29, 1.82) is 0 Å². The van der Waals surface area contributed by atoms with Crippen molar-refractivity contribution in [3.8, 4) is 0 Å². The molecule has 0 bridgehead atoms. The van der Waals surface area contributed by atoms with Crippen molar-refractivity contribution >= 4 is 33.8 Å². The van der Waals surface area contributed by atoms with Crippen LogP contribution in [0.5, 0.6) is 0 Å². The number of anilines is 1. The average molecular weight is 412 g/mol. The van der Waals surface area contributed by atoms with Crippen LogP contribution in [-0.2, 0) is 19.3 Å². The molecule has 0 aliphatic carbocycles. The van der Waals surface area contributed by atoms with Crippen LogP contribution in [0.4, 0.5) is 5.69 Å². The number of aryl methyl sites for hydroxylation is 2. The average Bonchev–Trinajstić information content (AvgIpc) is 3.21.